The van der Waals surface area contributed by atoms with Gasteiger partial charge in [0.1, 0.15) is 5.82 Å². The minimum absolute atomic E-state index is 0. The van der Waals surface area contributed by atoms with Gasteiger partial charge in [-0.25, -0.2) is 4.98 Å². The van der Waals surface area contributed by atoms with Crippen molar-refractivity contribution in [1.29, 1.82) is 0 Å². The van der Waals surface area contributed by atoms with Crippen LogP contribution in [0.25, 0.3) is 10.9 Å². The summed E-state index contributed by atoms with van der Waals surface area (Å²) < 4.78 is 0. The van der Waals surface area contributed by atoms with Crippen molar-refractivity contribution in [2.45, 2.75) is 25.7 Å². The van der Waals surface area contributed by atoms with E-state index in [0.29, 0.717) is 0 Å². The molecule has 1 N–H and O–H groups in total. The van der Waals surface area contributed by atoms with Crippen LogP contribution < -0.4 is 5.32 Å². The van der Waals surface area contributed by atoms with Crippen molar-refractivity contribution in [1.82, 2.24) is 4.98 Å². The number of pyridine rings is 1. The fourth-order valence-electron chi connectivity index (χ4n) is 2.73. The number of rotatable bonds is 3. The summed E-state index contributed by atoms with van der Waals surface area (Å²) in [5.74, 6) is 0.897. The molecule has 2 aromatic carbocycles. The molecule has 0 aliphatic rings. The molecule has 0 bridgehead atoms. The number of anilines is 2. The van der Waals surface area contributed by atoms with Crippen molar-refractivity contribution in [3.8, 4) is 0 Å². The highest BCUT2D eigenvalue weighted by molar-refractivity contribution is 7.98. The number of fused-ring (bicyclic) bond motifs is 1. The molecule has 0 unspecified atom stereocenters. The molecule has 3 aromatic rings. The van der Waals surface area contributed by atoms with Crippen molar-refractivity contribution in [3.63, 3.8) is 0 Å². The SMILES string of the molecule is CSc1ccc(Nc2cc(C)c3cc(C)cc(C)c3n2)cc1.Cl. The lowest BCUT2D eigenvalue weighted by atomic mass is 10.0. The van der Waals surface area contributed by atoms with Crippen molar-refractivity contribution >= 4 is 46.6 Å². The number of hydrogen-bond donors (Lipinski definition) is 1. The van der Waals surface area contributed by atoms with Crippen LogP contribution in [0, 0.1) is 20.8 Å². The third kappa shape index (κ3) is 3.80. The molecule has 0 saturated heterocycles. The van der Waals surface area contributed by atoms with E-state index in [2.05, 4.69) is 74.8 Å². The number of thioether (sulfide) groups is 1. The van der Waals surface area contributed by atoms with Crippen LogP contribution in [0.1, 0.15) is 16.7 Å². The molecule has 0 spiro atoms. The van der Waals surface area contributed by atoms with E-state index >= 15 is 0 Å². The van der Waals surface area contributed by atoms with Crippen molar-refractivity contribution < 1.29 is 0 Å². The van der Waals surface area contributed by atoms with E-state index < -0.39 is 0 Å². The maximum atomic E-state index is 4.80. The molecule has 120 valence electrons. The molecule has 0 radical (unpaired) electrons. The first kappa shape index (κ1) is 17.6. The lowest BCUT2D eigenvalue weighted by Crippen LogP contribution is -1.97. The molecule has 2 nitrogen and oxygen atoms in total. The van der Waals surface area contributed by atoms with Gasteiger partial charge in [-0.05, 0) is 74.6 Å². The molecule has 4 heteroatoms. The zero-order chi connectivity index (χ0) is 15.7. The minimum atomic E-state index is 0. The Morgan fingerprint density at radius 1 is 0.913 bits per heavy atom. The van der Waals surface area contributed by atoms with Gasteiger partial charge in [-0.1, -0.05) is 11.6 Å². The Bertz CT molecular complexity index is 829. The van der Waals surface area contributed by atoms with E-state index in [0.717, 1.165) is 17.0 Å². The minimum Gasteiger partial charge on any atom is -0.340 e. The van der Waals surface area contributed by atoms with E-state index in [-0.39, 0.29) is 12.4 Å². The van der Waals surface area contributed by atoms with Gasteiger partial charge in [0.25, 0.3) is 0 Å². The summed E-state index contributed by atoms with van der Waals surface area (Å²) in [7, 11) is 0. The van der Waals surface area contributed by atoms with Gasteiger partial charge in [-0.3, -0.25) is 0 Å². The second-order valence-electron chi connectivity index (χ2n) is 5.66. The largest absolute Gasteiger partial charge is 0.340 e. The van der Waals surface area contributed by atoms with Gasteiger partial charge in [-0.15, -0.1) is 24.2 Å². The van der Waals surface area contributed by atoms with Crippen LogP contribution >= 0.6 is 24.2 Å². The summed E-state index contributed by atoms with van der Waals surface area (Å²) in [5, 5.41) is 4.65. The Hall–Kier alpha value is -1.71. The molecule has 3 rings (SSSR count). The van der Waals surface area contributed by atoms with Gasteiger partial charge in [0.15, 0.2) is 0 Å². The molecule has 0 amide bonds. The Labute approximate surface area is 148 Å². The summed E-state index contributed by atoms with van der Waals surface area (Å²) in [5.41, 5.74) is 5.89. The summed E-state index contributed by atoms with van der Waals surface area (Å²) >= 11 is 1.75. The number of nitrogens with zero attached hydrogens (tertiary/aromatic N) is 1. The average Bonchev–Trinajstić information content (AvgIpc) is 2.49. The third-order valence-electron chi connectivity index (χ3n) is 3.82. The highest BCUT2D eigenvalue weighted by Gasteiger charge is 2.06. The average molecular weight is 345 g/mol. The van der Waals surface area contributed by atoms with Gasteiger partial charge >= 0.3 is 0 Å². The predicted molar refractivity (Wildman–Crippen MR) is 105 cm³/mol. The highest BCUT2D eigenvalue weighted by Crippen LogP contribution is 2.26. The fourth-order valence-corrected chi connectivity index (χ4v) is 3.14. The van der Waals surface area contributed by atoms with Crippen LogP contribution in [0.5, 0.6) is 0 Å². The number of halogens is 1. The quantitative estimate of drug-likeness (QED) is 0.585. The first-order chi connectivity index (χ1) is 10.6. The van der Waals surface area contributed by atoms with Crippen molar-refractivity contribution in [3.05, 3.63) is 59.2 Å². The monoisotopic (exact) mass is 344 g/mol. The van der Waals surface area contributed by atoms with Crippen molar-refractivity contribution in [2.24, 2.45) is 0 Å². The standard InChI is InChI=1S/C19H20N2S.ClH/c1-12-9-14(3)19-17(10-12)13(2)11-18(21-19)20-15-5-7-16(22-4)8-6-15;/h5-11H,1-4H3,(H,20,21);1H. The van der Waals surface area contributed by atoms with Gasteiger partial charge < -0.3 is 5.32 Å². The van der Waals surface area contributed by atoms with Crippen molar-refractivity contribution in [2.75, 3.05) is 11.6 Å². The zero-order valence-electron chi connectivity index (χ0n) is 13.8. The maximum absolute atomic E-state index is 4.80. The fraction of sp³-hybridized carbons (Fsp3) is 0.211. The second kappa shape index (κ2) is 7.24. The van der Waals surface area contributed by atoms with Gasteiger partial charge in [0.05, 0.1) is 5.52 Å². The molecule has 0 aliphatic carbocycles. The first-order valence-corrected chi connectivity index (χ1v) is 8.59. The molecule has 0 aliphatic heterocycles. The number of nitrogens with one attached hydrogen (secondary N) is 1. The first-order valence-electron chi connectivity index (χ1n) is 7.36. The van der Waals surface area contributed by atoms with Crippen LogP contribution in [-0.4, -0.2) is 11.2 Å². The topological polar surface area (TPSA) is 24.9 Å². The molecular weight excluding hydrogens is 324 g/mol. The molecule has 1 heterocycles. The molecule has 23 heavy (non-hydrogen) atoms. The molecule has 1 aromatic heterocycles. The smallest absolute Gasteiger partial charge is 0.131 e. The Morgan fingerprint density at radius 2 is 1.61 bits per heavy atom. The second-order valence-corrected chi connectivity index (χ2v) is 6.54. The van der Waals surface area contributed by atoms with E-state index in [1.165, 1.54) is 27.0 Å². The lowest BCUT2D eigenvalue weighted by molar-refractivity contribution is 1.30. The summed E-state index contributed by atoms with van der Waals surface area (Å²) in [6, 6.07) is 14.9. The summed E-state index contributed by atoms with van der Waals surface area (Å²) in [4.78, 5) is 6.06. The van der Waals surface area contributed by atoms with Crippen LogP contribution in [0.4, 0.5) is 11.5 Å². The van der Waals surface area contributed by atoms with Crippen LogP contribution in [0.3, 0.4) is 0 Å². The van der Waals surface area contributed by atoms with Gasteiger partial charge in [0, 0.05) is 16.0 Å². The number of aryl methyl sites for hydroxylation is 3. The predicted octanol–water partition coefficient (Wildman–Crippen LogP) is 6.05. The highest BCUT2D eigenvalue weighted by atomic mass is 35.5. The van der Waals surface area contributed by atoms with Crippen LogP contribution in [0.15, 0.2) is 47.4 Å². The Balaban J connectivity index is 0.00000192. The van der Waals surface area contributed by atoms with Gasteiger partial charge in [0.2, 0.25) is 0 Å². The number of benzene rings is 2. The number of hydrogen-bond acceptors (Lipinski definition) is 3. The van der Waals surface area contributed by atoms with Crippen LogP contribution in [0.2, 0.25) is 0 Å². The Morgan fingerprint density at radius 3 is 2.26 bits per heavy atom. The van der Waals surface area contributed by atoms with E-state index in [1.807, 2.05) is 0 Å². The normalized spacial score (nSPS) is 10.4. The van der Waals surface area contributed by atoms with Crippen LogP contribution in [-0.2, 0) is 0 Å². The third-order valence-corrected chi connectivity index (χ3v) is 4.56. The molecule has 0 saturated carbocycles. The molecular formula is C19H21ClN2S. The molecule has 0 fully saturated rings. The lowest BCUT2D eigenvalue weighted by Gasteiger charge is -2.11. The van der Waals surface area contributed by atoms with Gasteiger partial charge in [-0.2, -0.15) is 0 Å². The number of aromatic nitrogens is 1. The maximum Gasteiger partial charge on any atom is 0.131 e. The van der Waals surface area contributed by atoms with E-state index in [4.69, 9.17) is 4.98 Å². The summed E-state index contributed by atoms with van der Waals surface area (Å²) in [6.45, 7) is 6.40. The van der Waals surface area contributed by atoms with E-state index in [1.54, 1.807) is 11.8 Å². The van der Waals surface area contributed by atoms with E-state index in [9.17, 15) is 0 Å². The molecule has 0 atom stereocenters. The Kier molecular flexibility index (Phi) is 5.55. The zero-order valence-corrected chi connectivity index (χ0v) is 15.4. The summed E-state index contributed by atoms with van der Waals surface area (Å²) in [6.07, 6.45) is 2.08.